The average molecular weight is 427 g/mol. The van der Waals surface area contributed by atoms with Crippen molar-refractivity contribution in [3.63, 3.8) is 0 Å². The highest BCUT2D eigenvalue weighted by Gasteiger charge is 2.35. The van der Waals surface area contributed by atoms with Crippen LogP contribution in [0.25, 0.3) is 6.08 Å². The van der Waals surface area contributed by atoms with E-state index in [2.05, 4.69) is 5.32 Å². The standard InChI is InChI=1S/C17H15ClN2O5S2/c18-13-4-2-1-3-11(13)9-14-16(22)20(17(23)26-14)7-5-15(21)19-12-6-8-27(24,25)10-12/h1-4,6,8-9,12H,5,7,10H2,(H,19,21)/b14-9+/t12-/m0/s1. The van der Waals surface area contributed by atoms with E-state index in [4.69, 9.17) is 11.6 Å². The van der Waals surface area contributed by atoms with Crippen molar-refractivity contribution in [3.8, 4) is 0 Å². The maximum atomic E-state index is 12.4. The lowest BCUT2D eigenvalue weighted by Gasteiger charge is -2.14. The summed E-state index contributed by atoms with van der Waals surface area (Å²) in [7, 11) is -3.27. The van der Waals surface area contributed by atoms with Crippen molar-refractivity contribution in [2.45, 2.75) is 12.5 Å². The molecule has 1 atom stereocenters. The third kappa shape index (κ3) is 4.79. The third-order valence-electron chi connectivity index (χ3n) is 3.90. The summed E-state index contributed by atoms with van der Waals surface area (Å²) in [4.78, 5) is 37.7. The number of nitrogens with zero attached hydrogens (tertiary/aromatic N) is 1. The molecule has 0 saturated carbocycles. The minimum Gasteiger partial charge on any atom is -0.349 e. The van der Waals surface area contributed by atoms with Gasteiger partial charge in [-0.2, -0.15) is 0 Å². The number of thioether (sulfide) groups is 1. The van der Waals surface area contributed by atoms with Crippen LogP contribution in [0.3, 0.4) is 0 Å². The van der Waals surface area contributed by atoms with Crippen LogP contribution in [0.1, 0.15) is 12.0 Å². The molecule has 2 aliphatic heterocycles. The molecule has 1 fully saturated rings. The number of nitrogens with one attached hydrogen (secondary N) is 1. The first-order chi connectivity index (χ1) is 12.7. The van der Waals surface area contributed by atoms with Crippen molar-refractivity contribution in [2.24, 2.45) is 0 Å². The van der Waals surface area contributed by atoms with E-state index in [1.807, 2.05) is 0 Å². The number of halogens is 1. The summed E-state index contributed by atoms with van der Waals surface area (Å²) in [5.41, 5.74) is 0.622. The Labute approximate surface area is 165 Å². The predicted molar refractivity (Wildman–Crippen MR) is 104 cm³/mol. The molecule has 3 amide bonds. The smallest absolute Gasteiger partial charge is 0.293 e. The summed E-state index contributed by atoms with van der Waals surface area (Å²) < 4.78 is 22.7. The van der Waals surface area contributed by atoms with Crippen LogP contribution in [-0.4, -0.2) is 48.7 Å². The van der Waals surface area contributed by atoms with Crippen LogP contribution in [0.4, 0.5) is 4.79 Å². The first-order valence-corrected chi connectivity index (χ1v) is 10.9. The zero-order valence-corrected chi connectivity index (χ0v) is 16.3. The summed E-state index contributed by atoms with van der Waals surface area (Å²) in [6.45, 7) is -0.0838. The van der Waals surface area contributed by atoms with Gasteiger partial charge in [0.25, 0.3) is 11.1 Å². The molecule has 0 bridgehead atoms. The van der Waals surface area contributed by atoms with E-state index >= 15 is 0 Å². The van der Waals surface area contributed by atoms with Crippen LogP contribution in [0.15, 0.2) is 40.7 Å². The lowest BCUT2D eigenvalue weighted by atomic mass is 10.2. The highest BCUT2D eigenvalue weighted by Crippen LogP contribution is 2.33. The molecule has 1 aromatic rings. The van der Waals surface area contributed by atoms with Gasteiger partial charge in [0.2, 0.25) is 5.91 Å². The quantitative estimate of drug-likeness (QED) is 0.724. The summed E-state index contributed by atoms with van der Waals surface area (Å²) in [6, 6.07) is 6.35. The Bertz CT molecular complexity index is 971. The molecular weight excluding hydrogens is 412 g/mol. The molecule has 0 aromatic heterocycles. The second-order valence-corrected chi connectivity index (χ2v) is 9.27. The van der Waals surface area contributed by atoms with Crippen LogP contribution in [0, 0.1) is 0 Å². The van der Waals surface area contributed by atoms with Gasteiger partial charge in [0.05, 0.1) is 16.7 Å². The van der Waals surface area contributed by atoms with Crippen molar-refractivity contribution in [2.75, 3.05) is 12.3 Å². The fourth-order valence-corrected chi connectivity index (χ4v) is 4.87. The zero-order valence-electron chi connectivity index (χ0n) is 13.9. The molecule has 0 aliphatic carbocycles. The van der Waals surface area contributed by atoms with E-state index in [1.54, 1.807) is 30.3 Å². The molecule has 0 unspecified atom stereocenters. The van der Waals surface area contributed by atoms with E-state index < -0.39 is 32.9 Å². The molecule has 7 nitrogen and oxygen atoms in total. The maximum Gasteiger partial charge on any atom is 0.293 e. The lowest BCUT2D eigenvalue weighted by molar-refractivity contribution is -0.124. The second kappa shape index (κ2) is 7.87. The topological polar surface area (TPSA) is 101 Å². The molecule has 27 heavy (non-hydrogen) atoms. The summed E-state index contributed by atoms with van der Waals surface area (Å²) >= 11 is 6.85. The monoisotopic (exact) mass is 426 g/mol. The normalized spacial score (nSPS) is 22.6. The molecule has 1 aromatic carbocycles. The first-order valence-electron chi connectivity index (χ1n) is 7.95. The fourth-order valence-electron chi connectivity index (χ4n) is 2.58. The first kappa shape index (κ1) is 19.7. The zero-order chi connectivity index (χ0) is 19.6. The van der Waals surface area contributed by atoms with Gasteiger partial charge in [0.1, 0.15) is 0 Å². The van der Waals surface area contributed by atoms with Gasteiger partial charge in [-0.05, 0) is 35.5 Å². The molecule has 142 valence electrons. The number of carbonyl (C=O) groups excluding carboxylic acids is 3. The molecule has 0 spiro atoms. The van der Waals surface area contributed by atoms with Gasteiger partial charge in [-0.25, -0.2) is 8.42 Å². The average Bonchev–Trinajstić information content (AvgIpc) is 3.07. The number of sulfone groups is 1. The Morgan fingerprint density at radius 3 is 2.74 bits per heavy atom. The van der Waals surface area contributed by atoms with Crippen LogP contribution >= 0.6 is 23.4 Å². The van der Waals surface area contributed by atoms with Crippen LogP contribution in [0.5, 0.6) is 0 Å². The second-order valence-electron chi connectivity index (χ2n) is 5.94. The maximum absolute atomic E-state index is 12.4. The van der Waals surface area contributed by atoms with E-state index in [9.17, 15) is 22.8 Å². The van der Waals surface area contributed by atoms with E-state index in [1.165, 1.54) is 6.08 Å². The van der Waals surface area contributed by atoms with Gasteiger partial charge in [-0.15, -0.1) is 0 Å². The van der Waals surface area contributed by atoms with E-state index in [0.717, 1.165) is 22.1 Å². The summed E-state index contributed by atoms with van der Waals surface area (Å²) in [6.07, 6.45) is 2.84. The minimum absolute atomic E-state index is 0.0838. The molecule has 10 heteroatoms. The lowest BCUT2D eigenvalue weighted by Crippen LogP contribution is -2.38. The number of carbonyl (C=O) groups is 3. The molecular formula is C17H15ClN2O5S2. The summed E-state index contributed by atoms with van der Waals surface area (Å²) in [5, 5.41) is 3.61. The van der Waals surface area contributed by atoms with Gasteiger partial charge in [0, 0.05) is 23.4 Å². The number of benzene rings is 1. The highest BCUT2D eigenvalue weighted by molar-refractivity contribution is 8.18. The van der Waals surface area contributed by atoms with Gasteiger partial charge in [-0.3, -0.25) is 19.3 Å². The van der Waals surface area contributed by atoms with E-state index in [-0.39, 0.29) is 23.6 Å². The predicted octanol–water partition coefficient (Wildman–Crippen LogP) is 2.19. The molecule has 3 rings (SSSR count). The van der Waals surface area contributed by atoms with Crippen LogP contribution in [-0.2, 0) is 19.4 Å². The molecule has 0 radical (unpaired) electrons. The Balaban J connectivity index is 1.59. The Morgan fingerprint density at radius 2 is 2.07 bits per heavy atom. The van der Waals surface area contributed by atoms with Gasteiger partial charge >= 0.3 is 0 Å². The van der Waals surface area contributed by atoms with Crippen molar-refractivity contribution in [3.05, 3.63) is 51.2 Å². The molecule has 2 aliphatic rings. The highest BCUT2D eigenvalue weighted by atomic mass is 35.5. The van der Waals surface area contributed by atoms with Gasteiger partial charge in [0.15, 0.2) is 9.84 Å². The number of amides is 3. The number of imide groups is 1. The Morgan fingerprint density at radius 1 is 1.33 bits per heavy atom. The minimum atomic E-state index is -3.27. The van der Waals surface area contributed by atoms with Crippen molar-refractivity contribution >= 4 is 56.3 Å². The third-order valence-corrected chi connectivity index (χ3v) is 6.55. The Kier molecular flexibility index (Phi) is 5.73. The Hall–Kier alpha value is -2.10. The molecule has 1 saturated heterocycles. The number of rotatable bonds is 5. The molecule has 1 N–H and O–H groups in total. The van der Waals surface area contributed by atoms with Crippen LogP contribution in [0.2, 0.25) is 5.02 Å². The van der Waals surface area contributed by atoms with Crippen molar-refractivity contribution in [1.29, 1.82) is 0 Å². The van der Waals surface area contributed by atoms with Gasteiger partial charge in [-0.1, -0.05) is 29.8 Å². The fraction of sp³-hybridized carbons (Fsp3) is 0.235. The number of hydrogen-bond donors (Lipinski definition) is 1. The summed E-state index contributed by atoms with van der Waals surface area (Å²) in [5.74, 6) is -1.10. The largest absolute Gasteiger partial charge is 0.349 e. The van der Waals surface area contributed by atoms with E-state index in [0.29, 0.717) is 10.6 Å². The van der Waals surface area contributed by atoms with Crippen molar-refractivity contribution in [1.82, 2.24) is 10.2 Å². The number of hydrogen-bond acceptors (Lipinski definition) is 6. The van der Waals surface area contributed by atoms with Crippen LogP contribution < -0.4 is 5.32 Å². The van der Waals surface area contributed by atoms with Gasteiger partial charge < -0.3 is 5.32 Å². The SMILES string of the molecule is O=C(CCN1C(=O)S/C(=C/c2ccccc2Cl)C1=O)N[C@H]1C=CS(=O)(=O)C1. The molecule has 2 heterocycles. The van der Waals surface area contributed by atoms with Crippen molar-refractivity contribution < 1.29 is 22.8 Å².